The number of nitriles is 1. The van der Waals surface area contributed by atoms with Gasteiger partial charge in [0.1, 0.15) is 0 Å². The van der Waals surface area contributed by atoms with Crippen LogP contribution in [0.2, 0.25) is 0 Å². The molecule has 0 bridgehead atoms. The topological polar surface area (TPSA) is 101 Å². The maximum atomic E-state index is 8.73. The van der Waals surface area contributed by atoms with Crippen molar-refractivity contribution in [3.8, 4) is 6.07 Å². The summed E-state index contributed by atoms with van der Waals surface area (Å²) in [5, 5.41) is 15.8. The second-order valence-electron chi connectivity index (χ2n) is 2.47. The predicted molar refractivity (Wildman–Crippen MR) is 54.6 cm³/mol. The van der Waals surface area contributed by atoms with Gasteiger partial charge in [0.15, 0.2) is 0 Å². The smallest absolute Gasteiger partial charge is 0.211 e. The minimum absolute atomic E-state index is 0.115. The lowest BCUT2D eigenvalue weighted by atomic mass is 10.1. The van der Waals surface area contributed by atoms with E-state index in [1.165, 1.54) is 6.21 Å². The van der Waals surface area contributed by atoms with Crippen molar-refractivity contribution in [1.29, 1.82) is 5.26 Å². The number of hydrogen-bond donors (Lipinski definition) is 2. The van der Waals surface area contributed by atoms with Crippen molar-refractivity contribution >= 4 is 12.2 Å². The maximum Gasteiger partial charge on any atom is 0.211 e. The quantitative estimate of drug-likeness (QED) is 0.392. The van der Waals surface area contributed by atoms with Crippen molar-refractivity contribution in [2.24, 2.45) is 21.7 Å². The van der Waals surface area contributed by atoms with E-state index in [1.54, 1.807) is 24.3 Å². The molecule has 0 aliphatic heterocycles. The van der Waals surface area contributed by atoms with Gasteiger partial charge in [-0.05, 0) is 6.07 Å². The average molecular weight is 187 g/mol. The summed E-state index contributed by atoms with van der Waals surface area (Å²) in [5.74, 6) is -0.115. The molecular weight excluding hydrogens is 178 g/mol. The van der Waals surface area contributed by atoms with Gasteiger partial charge in [-0.3, -0.25) is 0 Å². The molecule has 1 aromatic carbocycles. The Balaban J connectivity index is 2.93. The Kier molecular flexibility index (Phi) is 3.21. The normalized spacial score (nSPS) is 9.64. The van der Waals surface area contributed by atoms with Gasteiger partial charge in [0, 0.05) is 5.56 Å². The van der Waals surface area contributed by atoms with Gasteiger partial charge in [0.05, 0.1) is 17.8 Å². The van der Waals surface area contributed by atoms with E-state index in [0.717, 1.165) is 0 Å². The first-order valence-electron chi connectivity index (χ1n) is 3.85. The van der Waals surface area contributed by atoms with E-state index in [9.17, 15) is 0 Å². The Hall–Kier alpha value is -2.35. The molecule has 0 unspecified atom stereocenters. The molecule has 0 aliphatic carbocycles. The number of guanidine groups is 1. The zero-order valence-electron chi connectivity index (χ0n) is 7.38. The fourth-order valence-corrected chi connectivity index (χ4v) is 0.869. The molecule has 0 spiro atoms. The molecule has 70 valence electrons. The SMILES string of the molecule is N#Cc1ccccc1C=NN=C(N)N. The first-order valence-corrected chi connectivity index (χ1v) is 3.85. The number of hydrogen-bond acceptors (Lipinski definition) is 3. The highest BCUT2D eigenvalue weighted by atomic mass is 15.3. The molecule has 4 N–H and O–H groups in total. The summed E-state index contributed by atoms with van der Waals surface area (Å²) in [6.07, 6.45) is 1.43. The summed E-state index contributed by atoms with van der Waals surface area (Å²) in [6, 6.07) is 9.05. The lowest BCUT2D eigenvalue weighted by Gasteiger charge is -1.93. The third-order valence-corrected chi connectivity index (χ3v) is 1.45. The highest BCUT2D eigenvalue weighted by Crippen LogP contribution is 2.03. The molecule has 0 radical (unpaired) electrons. The van der Waals surface area contributed by atoms with Crippen LogP contribution in [-0.2, 0) is 0 Å². The summed E-state index contributed by atoms with van der Waals surface area (Å²) in [6.45, 7) is 0. The molecule has 5 nitrogen and oxygen atoms in total. The molecule has 14 heavy (non-hydrogen) atoms. The molecule has 0 saturated heterocycles. The van der Waals surface area contributed by atoms with E-state index in [0.29, 0.717) is 11.1 Å². The fraction of sp³-hybridized carbons (Fsp3) is 0. The number of nitrogens with two attached hydrogens (primary N) is 2. The molecule has 1 rings (SSSR count). The van der Waals surface area contributed by atoms with Crippen molar-refractivity contribution in [2.45, 2.75) is 0 Å². The molecule has 1 aromatic rings. The summed E-state index contributed by atoms with van der Waals surface area (Å²) < 4.78 is 0. The highest BCUT2D eigenvalue weighted by molar-refractivity contribution is 5.84. The predicted octanol–water partition coefficient (Wildman–Crippen LogP) is 0.166. The van der Waals surface area contributed by atoms with Crippen LogP contribution in [0, 0.1) is 11.3 Å². The monoisotopic (exact) mass is 187 g/mol. The van der Waals surface area contributed by atoms with Crippen LogP contribution < -0.4 is 11.5 Å². The lowest BCUT2D eigenvalue weighted by molar-refractivity contribution is 1.21. The third-order valence-electron chi connectivity index (χ3n) is 1.45. The van der Waals surface area contributed by atoms with Crippen molar-refractivity contribution in [3.05, 3.63) is 35.4 Å². The van der Waals surface area contributed by atoms with Crippen molar-refractivity contribution in [1.82, 2.24) is 0 Å². The van der Waals surface area contributed by atoms with E-state index >= 15 is 0 Å². The van der Waals surface area contributed by atoms with Crippen LogP contribution in [-0.4, -0.2) is 12.2 Å². The van der Waals surface area contributed by atoms with Crippen LogP contribution in [0.15, 0.2) is 34.5 Å². The zero-order valence-corrected chi connectivity index (χ0v) is 7.38. The zero-order chi connectivity index (χ0) is 10.4. The minimum atomic E-state index is -0.115. The standard InChI is InChI=1S/C9H9N5/c10-5-7-3-1-2-4-8(7)6-13-14-9(11)12/h1-4,6H,(H4,11,12,14). The van der Waals surface area contributed by atoms with Crippen molar-refractivity contribution in [3.63, 3.8) is 0 Å². The Morgan fingerprint density at radius 3 is 2.71 bits per heavy atom. The number of nitrogens with zero attached hydrogens (tertiary/aromatic N) is 3. The van der Waals surface area contributed by atoms with Gasteiger partial charge in [-0.1, -0.05) is 18.2 Å². The van der Waals surface area contributed by atoms with Gasteiger partial charge in [0.2, 0.25) is 5.96 Å². The second-order valence-corrected chi connectivity index (χ2v) is 2.47. The Morgan fingerprint density at radius 1 is 1.36 bits per heavy atom. The van der Waals surface area contributed by atoms with Crippen LogP contribution in [0.1, 0.15) is 11.1 Å². The summed E-state index contributed by atoms with van der Waals surface area (Å²) in [4.78, 5) is 0. The largest absolute Gasteiger partial charge is 0.369 e. The van der Waals surface area contributed by atoms with Crippen molar-refractivity contribution in [2.75, 3.05) is 0 Å². The van der Waals surface area contributed by atoms with E-state index in [1.807, 2.05) is 6.07 Å². The Bertz CT molecular complexity index is 409. The van der Waals surface area contributed by atoms with Crippen LogP contribution >= 0.6 is 0 Å². The lowest BCUT2D eigenvalue weighted by Crippen LogP contribution is -2.21. The van der Waals surface area contributed by atoms with E-state index in [-0.39, 0.29) is 5.96 Å². The fourth-order valence-electron chi connectivity index (χ4n) is 0.869. The third kappa shape index (κ3) is 2.60. The summed E-state index contributed by atoms with van der Waals surface area (Å²) in [5.41, 5.74) is 11.4. The molecule has 0 aliphatic rings. The average Bonchev–Trinajstić information content (AvgIpc) is 2.18. The van der Waals surface area contributed by atoms with Crippen LogP contribution in [0.3, 0.4) is 0 Å². The molecule has 0 atom stereocenters. The van der Waals surface area contributed by atoms with Crippen LogP contribution in [0.25, 0.3) is 0 Å². The van der Waals surface area contributed by atoms with Crippen LogP contribution in [0.5, 0.6) is 0 Å². The molecule has 0 amide bonds. The van der Waals surface area contributed by atoms with Crippen molar-refractivity contribution < 1.29 is 0 Å². The van der Waals surface area contributed by atoms with Gasteiger partial charge in [-0.15, -0.1) is 5.10 Å². The Morgan fingerprint density at radius 2 is 2.07 bits per heavy atom. The maximum absolute atomic E-state index is 8.73. The number of benzene rings is 1. The molecular formula is C9H9N5. The van der Waals surface area contributed by atoms with E-state index < -0.39 is 0 Å². The summed E-state index contributed by atoms with van der Waals surface area (Å²) >= 11 is 0. The molecule has 0 fully saturated rings. The van der Waals surface area contributed by atoms with E-state index in [4.69, 9.17) is 16.7 Å². The molecule has 5 heteroatoms. The van der Waals surface area contributed by atoms with Gasteiger partial charge in [-0.25, -0.2) is 0 Å². The molecule has 0 heterocycles. The van der Waals surface area contributed by atoms with Gasteiger partial charge >= 0.3 is 0 Å². The summed E-state index contributed by atoms with van der Waals surface area (Å²) in [7, 11) is 0. The first kappa shape index (κ1) is 9.74. The van der Waals surface area contributed by atoms with Gasteiger partial charge in [0.25, 0.3) is 0 Å². The molecule has 0 aromatic heterocycles. The number of rotatable bonds is 2. The van der Waals surface area contributed by atoms with Crippen LogP contribution in [0.4, 0.5) is 0 Å². The van der Waals surface area contributed by atoms with Gasteiger partial charge in [-0.2, -0.15) is 10.4 Å². The Labute approximate surface area is 81.4 Å². The second kappa shape index (κ2) is 4.62. The molecule has 0 saturated carbocycles. The highest BCUT2D eigenvalue weighted by Gasteiger charge is 1.95. The minimum Gasteiger partial charge on any atom is -0.369 e. The van der Waals surface area contributed by atoms with Gasteiger partial charge < -0.3 is 11.5 Å². The van der Waals surface area contributed by atoms with E-state index in [2.05, 4.69) is 10.2 Å². The first-order chi connectivity index (χ1) is 6.74.